The van der Waals surface area contributed by atoms with Crippen molar-refractivity contribution in [3.8, 4) is 0 Å². The minimum absolute atomic E-state index is 0.106. The fourth-order valence-corrected chi connectivity index (χ4v) is 4.17. The van der Waals surface area contributed by atoms with Crippen LogP contribution in [0.15, 0.2) is 24.8 Å². The van der Waals surface area contributed by atoms with Crippen molar-refractivity contribution < 1.29 is 20.1 Å². The predicted molar refractivity (Wildman–Crippen MR) is 115 cm³/mol. The number of carbonyl (C=O) groups excluding carboxylic acids is 1. The summed E-state index contributed by atoms with van der Waals surface area (Å²) < 4.78 is 0. The van der Waals surface area contributed by atoms with E-state index in [1.807, 2.05) is 12.2 Å². The van der Waals surface area contributed by atoms with Crippen molar-refractivity contribution in [2.24, 2.45) is 11.8 Å². The molecule has 1 saturated carbocycles. The average Bonchev–Trinajstić information content (AvgIpc) is 2.95. The molecule has 162 valence electrons. The molecule has 0 aliphatic heterocycles. The molecule has 28 heavy (non-hydrogen) atoms. The van der Waals surface area contributed by atoms with Crippen LogP contribution in [0.3, 0.4) is 0 Å². The number of unbranched alkanes of at least 4 members (excludes halogenated alkanes) is 7. The Hall–Kier alpha value is -0.970. The highest BCUT2D eigenvalue weighted by molar-refractivity contribution is 5.84. The number of Topliss-reactive ketones (excluding diaryl/α,β-unsaturated/α-hetero) is 1. The zero-order chi connectivity index (χ0) is 20.8. The Morgan fingerprint density at radius 2 is 1.79 bits per heavy atom. The number of carbonyl (C=O) groups is 1. The second-order valence-corrected chi connectivity index (χ2v) is 8.45. The lowest BCUT2D eigenvalue weighted by Gasteiger charge is -2.23. The summed E-state index contributed by atoms with van der Waals surface area (Å²) in [6.07, 6.45) is 16.6. The van der Waals surface area contributed by atoms with Gasteiger partial charge >= 0.3 is 0 Å². The quantitative estimate of drug-likeness (QED) is 0.261. The molecule has 0 radical (unpaired) electrons. The van der Waals surface area contributed by atoms with Crippen LogP contribution in [0.4, 0.5) is 0 Å². The van der Waals surface area contributed by atoms with Crippen LogP contribution >= 0.6 is 0 Å². The van der Waals surface area contributed by atoms with E-state index in [9.17, 15) is 15.0 Å². The van der Waals surface area contributed by atoms with E-state index in [4.69, 9.17) is 5.11 Å². The van der Waals surface area contributed by atoms with Crippen molar-refractivity contribution in [1.82, 2.24) is 0 Å². The molecule has 0 amide bonds. The Bertz CT molecular complexity index is 473. The van der Waals surface area contributed by atoms with Crippen LogP contribution in [0.5, 0.6) is 0 Å². The topological polar surface area (TPSA) is 77.8 Å². The molecule has 0 aromatic rings. The number of hydrogen-bond donors (Lipinski definition) is 3. The maximum Gasteiger partial charge on any atom is 0.139 e. The van der Waals surface area contributed by atoms with E-state index < -0.39 is 11.7 Å². The molecule has 0 heterocycles. The van der Waals surface area contributed by atoms with E-state index in [1.54, 1.807) is 6.08 Å². The van der Waals surface area contributed by atoms with Crippen molar-refractivity contribution in [3.63, 3.8) is 0 Å². The fraction of sp³-hybridized carbons (Fsp3) is 0.792. The average molecular weight is 395 g/mol. The molecule has 1 aliphatic rings. The van der Waals surface area contributed by atoms with Gasteiger partial charge in [0.1, 0.15) is 5.78 Å². The standard InChI is InChI=1S/C24H42O4/c1-3-5-6-11-16-24(28,4-2)17-13-15-21-20(22(26)19-23(21)27)14-10-8-7-9-12-18-25/h4,13,15,20-21,23,25,27-28H,2-3,5-12,14,16-19H2,1H3/t20-,21-,23-,24?/m1/s1. The molecule has 1 aliphatic carbocycles. The van der Waals surface area contributed by atoms with Crippen molar-refractivity contribution in [3.05, 3.63) is 24.8 Å². The molecule has 0 aromatic heterocycles. The molecule has 0 saturated heterocycles. The first-order valence-electron chi connectivity index (χ1n) is 11.3. The first-order valence-corrected chi connectivity index (χ1v) is 11.3. The molecule has 4 atom stereocenters. The summed E-state index contributed by atoms with van der Waals surface area (Å²) in [6.45, 7) is 6.21. The molecule has 4 nitrogen and oxygen atoms in total. The molecular formula is C24H42O4. The molecule has 1 fully saturated rings. The third kappa shape index (κ3) is 9.02. The van der Waals surface area contributed by atoms with Crippen LogP contribution in [0.2, 0.25) is 0 Å². The molecule has 3 N–H and O–H groups in total. The number of hydrogen-bond acceptors (Lipinski definition) is 4. The van der Waals surface area contributed by atoms with E-state index in [0.717, 1.165) is 51.4 Å². The van der Waals surface area contributed by atoms with Gasteiger partial charge in [0.05, 0.1) is 11.7 Å². The van der Waals surface area contributed by atoms with Gasteiger partial charge in [0, 0.05) is 24.9 Å². The predicted octanol–water partition coefficient (Wildman–Crippen LogP) is 4.72. The monoisotopic (exact) mass is 394 g/mol. The zero-order valence-corrected chi connectivity index (χ0v) is 17.8. The fourth-order valence-electron chi connectivity index (χ4n) is 4.17. The van der Waals surface area contributed by atoms with Gasteiger partial charge in [-0.25, -0.2) is 0 Å². The van der Waals surface area contributed by atoms with Crippen LogP contribution in [0.25, 0.3) is 0 Å². The molecule has 0 spiro atoms. The Morgan fingerprint density at radius 1 is 1.11 bits per heavy atom. The summed E-state index contributed by atoms with van der Waals surface area (Å²) in [5.41, 5.74) is -0.903. The molecule has 1 unspecified atom stereocenters. The van der Waals surface area contributed by atoms with Gasteiger partial charge in [-0.3, -0.25) is 4.79 Å². The van der Waals surface area contributed by atoms with Gasteiger partial charge in [0.15, 0.2) is 0 Å². The summed E-state index contributed by atoms with van der Waals surface area (Å²) in [5, 5.41) is 29.8. The number of ketones is 1. The largest absolute Gasteiger partial charge is 0.396 e. The summed E-state index contributed by atoms with van der Waals surface area (Å²) in [7, 11) is 0. The summed E-state index contributed by atoms with van der Waals surface area (Å²) in [4.78, 5) is 12.3. The SMILES string of the molecule is C=CC(O)(CC=C[C@H]1[C@H](O)CC(=O)[C@@H]1CCCCCCCO)CCCCCC. The van der Waals surface area contributed by atoms with Crippen LogP contribution in [-0.2, 0) is 4.79 Å². The molecule has 1 rings (SSSR count). The minimum atomic E-state index is -0.903. The summed E-state index contributed by atoms with van der Waals surface area (Å²) in [5.74, 6) is -0.0828. The maximum absolute atomic E-state index is 12.3. The molecule has 0 aromatic carbocycles. The van der Waals surface area contributed by atoms with Crippen LogP contribution in [0, 0.1) is 11.8 Å². The number of rotatable bonds is 16. The van der Waals surface area contributed by atoms with Crippen molar-refractivity contribution >= 4 is 5.78 Å². The second-order valence-electron chi connectivity index (χ2n) is 8.45. The highest BCUT2D eigenvalue weighted by Crippen LogP contribution is 2.35. The first-order chi connectivity index (χ1) is 13.5. The maximum atomic E-state index is 12.3. The normalized spacial score (nSPS) is 24.7. The van der Waals surface area contributed by atoms with E-state index in [0.29, 0.717) is 12.8 Å². The molecule has 0 bridgehead atoms. The van der Waals surface area contributed by atoms with Crippen LogP contribution in [-0.4, -0.2) is 39.4 Å². The Balaban J connectivity index is 2.50. The molecule has 4 heteroatoms. The van der Waals surface area contributed by atoms with Crippen molar-refractivity contribution in [1.29, 1.82) is 0 Å². The van der Waals surface area contributed by atoms with Gasteiger partial charge in [0.2, 0.25) is 0 Å². The second kappa shape index (κ2) is 14.1. The van der Waals surface area contributed by atoms with E-state index in [2.05, 4.69) is 13.5 Å². The van der Waals surface area contributed by atoms with Crippen LogP contribution < -0.4 is 0 Å². The third-order valence-electron chi connectivity index (χ3n) is 6.08. The number of aliphatic hydroxyl groups excluding tert-OH is 2. The van der Waals surface area contributed by atoms with Gasteiger partial charge < -0.3 is 15.3 Å². The first kappa shape index (κ1) is 25.1. The van der Waals surface area contributed by atoms with Gasteiger partial charge in [-0.2, -0.15) is 0 Å². The van der Waals surface area contributed by atoms with Crippen LogP contribution in [0.1, 0.15) is 90.4 Å². The lowest BCUT2D eigenvalue weighted by Crippen LogP contribution is -2.25. The highest BCUT2D eigenvalue weighted by Gasteiger charge is 2.39. The highest BCUT2D eigenvalue weighted by atomic mass is 16.3. The number of aliphatic hydroxyl groups is 3. The van der Waals surface area contributed by atoms with Gasteiger partial charge in [-0.1, -0.05) is 76.5 Å². The minimum Gasteiger partial charge on any atom is -0.396 e. The third-order valence-corrected chi connectivity index (χ3v) is 6.08. The van der Waals surface area contributed by atoms with E-state index in [1.165, 1.54) is 12.8 Å². The van der Waals surface area contributed by atoms with E-state index >= 15 is 0 Å². The lowest BCUT2D eigenvalue weighted by atomic mass is 9.87. The summed E-state index contributed by atoms with van der Waals surface area (Å²) >= 11 is 0. The zero-order valence-electron chi connectivity index (χ0n) is 17.8. The van der Waals surface area contributed by atoms with Gasteiger partial charge in [0.25, 0.3) is 0 Å². The smallest absolute Gasteiger partial charge is 0.139 e. The Kier molecular flexibility index (Phi) is 12.6. The Morgan fingerprint density at radius 3 is 2.46 bits per heavy atom. The Labute approximate surface area is 171 Å². The molecular weight excluding hydrogens is 352 g/mol. The summed E-state index contributed by atoms with van der Waals surface area (Å²) in [6, 6.07) is 0. The lowest BCUT2D eigenvalue weighted by molar-refractivity contribution is -0.121. The van der Waals surface area contributed by atoms with Gasteiger partial charge in [-0.15, -0.1) is 6.58 Å². The van der Waals surface area contributed by atoms with Crippen molar-refractivity contribution in [2.45, 2.75) is 102 Å². The van der Waals surface area contributed by atoms with Crippen molar-refractivity contribution in [2.75, 3.05) is 6.61 Å². The van der Waals surface area contributed by atoms with Gasteiger partial charge in [-0.05, 0) is 25.7 Å². The van der Waals surface area contributed by atoms with E-state index in [-0.39, 0.29) is 30.6 Å².